The van der Waals surface area contributed by atoms with Crippen LogP contribution in [-0.4, -0.2) is 24.8 Å². The summed E-state index contributed by atoms with van der Waals surface area (Å²) in [5.74, 6) is -0.774. The quantitative estimate of drug-likeness (QED) is 0.157. The van der Waals surface area contributed by atoms with Crippen molar-refractivity contribution >= 4 is 18.0 Å². The van der Waals surface area contributed by atoms with Gasteiger partial charge in [0.1, 0.15) is 16.8 Å². The van der Waals surface area contributed by atoms with Crippen molar-refractivity contribution in [1.29, 1.82) is 0 Å². The van der Waals surface area contributed by atoms with Gasteiger partial charge in [-0.05, 0) is 52.8 Å². The Hall–Kier alpha value is -1.88. The third-order valence-corrected chi connectivity index (χ3v) is 4.50. The fourth-order valence-corrected chi connectivity index (χ4v) is 3.00. The molecule has 0 saturated heterocycles. The van der Waals surface area contributed by atoms with Crippen molar-refractivity contribution in [1.82, 2.24) is 0 Å². The second-order valence-corrected chi connectivity index (χ2v) is 8.65. The van der Waals surface area contributed by atoms with Crippen LogP contribution in [0.15, 0.2) is 35.4 Å². The normalized spacial score (nSPS) is 14.0. The molecule has 0 saturated carbocycles. The van der Waals surface area contributed by atoms with E-state index in [9.17, 15) is 31.1 Å². The van der Waals surface area contributed by atoms with Crippen LogP contribution in [0.25, 0.3) is 0 Å². The predicted octanol–water partition coefficient (Wildman–Crippen LogP) is 7.67. The molecule has 0 aliphatic heterocycles. The smallest absolute Gasteiger partial charge is 0.416 e. The van der Waals surface area contributed by atoms with E-state index in [0.29, 0.717) is 12.1 Å². The van der Waals surface area contributed by atoms with E-state index in [1.807, 2.05) is 13.8 Å². The largest absolute Gasteiger partial charge is 0.492 e. The number of benzene rings is 1. The summed E-state index contributed by atoms with van der Waals surface area (Å²) in [4.78, 5) is 12.0. The molecule has 0 aliphatic rings. The molecule has 0 heterocycles. The van der Waals surface area contributed by atoms with Gasteiger partial charge in [-0.25, -0.2) is 0 Å². The average molecular weight is 505 g/mol. The van der Waals surface area contributed by atoms with Gasteiger partial charge in [-0.15, -0.1) is 0 Å². The molecule has 1 rings (SSSR count). The molecule has 1 atom stereocenters. The van der Waals surface area contributed by atoms with Crippen LogP contribution in [0, 0.1) is 5.41 Å². The van der Waals surface area contributed by atoms with Crippen LogP contribution in [0.2, 0.25) is 0 Å². The summed E-state index contributed by atoms with van der Waals surface area (Å²) in [5, 5.41) is 0. The fraction of sp³-hybridized carbons (Fsp3) is 0.591. The van der Waals surface area contributed by atoms with Crippen molar-refractivity contribution in [3.63, 3.8) is 0 Å². The average Bonchev–Trinajstić information content (AvgIpc) is 2.66. The zero-order chi connectivity index (χ0) is 26.3. The molecular formula is C22H30F6O4S. The maximum absolute atomic E-state index is 13.0. The molecule has 0 bridgehead atoms. The molecule has 190 valence electrons. The monoisotopic (exact) mass is 504 g/mol. The lowest BCUT2D eigenvalue weighted by Crippen LogP contribution is -2.39. The van der Waals surface area contributed by atoms with Crippen LogP contribution in [0.3, 0.4) is 0 Å². The summed E-state index contributed by atoms with van der Waals surface area (Å²) in [6, 6.07) is 1.08. The molecule has 1 aromatic rings. The number of carbonyl (C=O) groups is 1. The molecule has 0 spiro atoms. The zero-order valence-electron chi connectivity index (χ0n) is 19.7. The van der Waals surface area contributed by atoms with E-state index in [4.69, 9.17) is 13.7 Å². The summed E-state index contributed by atoms with van der Waals surface area (Å²) in [6.45, 7) is 15.4. The van der Waals surface area contributed by atoms with Crippen molar-refractivity contribution in [2.75, 3.05) is 13.2 Å². The number of rotatable bonds is 8. The lowest BCUT2D eigenvalue weighted by Gasteiger charge is -2.33. The number of hydrogen-bond donors (Lipinski definition) is 0. The first-order valence-corrected chi connectivity index (χ1v) is 10.8. The Labute approximate surface area is 194 Å². The van der Waals surface area contributed by atoms with Gasteiger partial charge in [-0.2, -0.15) is 26.3 Å². The Morgan fingerprint density at radius 1 is 0.939 bits per heavy atom. The summed E-state index contributed by atoms with van der Waals surface area (Å²) >= 11 is 0.274. The van der Waals surface area contributed by atoms with Gasteiger partial charge in [0.05, 0.1) is 24.3 Å². The summed E-state index contributed by atoms with van der Waals surface area (Å²) in [6.07, 6.45) is -9.96. The number of ether oxygens (including phenoxy) is 2. The van der Waals surface area contributed by atoms with Gasteiger partial charge < -0.3 is 13.7 Å². The number of alkyl halides is 6. The topological polar surface area (TPSA) is 44.8 Å². The molecule has 0 aliphatic carbocycles. The van der Waals surface area contributed by atoms with Gasteiger partial charge in [0, 0.05) is 16.9 Å². The Kier molecular flexibility index (Phi) is 11.3. The highest BCUT2D eigenvalue weighted by molar-refractivity contribution is 7.94. The maximum atomic E-state index is 13.0. The molecule has 0 amide bonds. The van der Waals surface area contributed by atoms with Gasteiger partial charge in [0.25, 0.3) is 0 Å². The zero-order valence-corrected chi connectivity index (χ0v) is 20.5. The van der Waals surface area contributed by atoms with E-state index in [1.165, 1.54) is 6.92 Å². The minimum Gasteiger partial charge on any atom is -0.492 e. The molecule has 33 heavy (non-hydrogen) atoms. The highest BCUT2D eigenvalue weighted by Gasteiger charge is 2.42. The van der Waals surface area contributed by atoms with Crippen LogP contribution in [0.1, 0.15) is 59.6 Å². The molecule has 1 unspecified atom stereocenters. The van der Waals surface area contributed by atoms with Crippen molar-refractivity contribution in [3.8, 4) is 0 Å². The Morgan fingerprint density at radius 3 is 1.76 bits per heavy atom. The molecular weight excluding hydrogens is 474 g/mol. The summed E-state index contributed by atoms with van der Waals surface area (Å²) in [7, 11) is 0. The van der Waals surface area contributed by atoms with E-state index >= 15 is 0 Å². The van der Waals surface area contributed by atoms with Gasteiger partial charge in [0.15, 0.2) is 0 Å². The minimum absolute atomic E-state index is 0.0147. The predicted molar refractivity (Wildman–Crippen MR) is 114 cm³/mol. The number of halogens is 6. The van der Waals surface area contributed by atoms with Crippen molar-refractivity contribution < 1.29 is 44.8 Å². The fourth-order valence-electron chi connectivity index (χ4n) is 2.22. The third-order valence-electron chi connectivity index (χ3n) is 3.83. The van der Waals surface area contributed by atoms with Crippen molar-refractivity contribution in [2.45, 2.75) is 71.3 Å². The minimum atomic E-state index is -4.98. The second-order valence-electron chi connectivity index (χ2n) is 7.78. The van der Waals surface area contributed by atoms with E-state index in [0.717, 1.165) is 0 Å². The number of hydrogen-bond acceptors (Lipinski definition) is 5. The Balaban J connectivity index is 0.00000497. The molecule has 0 aromatic heterocycles. The molecule has 0 fully saturated rings. The molecule has 11 heteroatoms. The van der Waals surface area contributed by atoms with Gasteiger partial charge >= 0.3 is 18.3 Å². The first-order chi connectivity index (χ1) is 14.9. The first kappa shape index (κ1) is 31.1. The van der Waals surface area contributed by atoms with Crippen molar-refractivity contribution in [2.24, 2.45) is 5.41 Å². The summed E-state index contributed by atoms with van der Waals surface area (Å²) < 4.78 is 93.9. The SMILES string of the molecule is C=C(OC(C)(C)C)C(C)(COSc1cc(C(F)(F)F)cc(C(F)(F)F)c1)C(=O)OCC.CC. The van der Waals surface area contributed by atoms with Crippen LogP contribution >= 0.6 is 12.0 Å². The standard InChI is InChI=1S/C20H24F6O4S.C2H6/c1-7-28-16(27)18(6,12(2)30-17(3,4)5)11-29-31-15-9-13(19(21,22)23)8-14(10-15)20(24,25)26;1-2/h8-10H,2,7,11H2,1,3-6H3;1-2H3. The lowest BCUT2D eigenvalue weighted by molar-refractivity contribution is -0.157. The summed E-state index contributed by atoms with van der Waals surface area (Å²) in [5.41, 5.74) is -5.21. The Morgan fingerprint density at radius 2 is 1.39 bits per heavy atom. The van der Waals surface area contributed by atoms with E-state index < -0.39 is 52.0 Å². The highest BCUT2D eigenvalue weighted by Crippen LogP contribution is 2.40. The third kappa shape index (κ3) is 9.87. The first-order valence-electron chi connectivity index (χ1n) is 10.0. The van der Waals surface area contributed by atoms with Crippen LogP contribution in [-0.2, 0) is 30.8 Å². The molecule has 0 N–H and O–H groups in total. The van der Waals surface area contributed by atoms with E-state index in [1.54, 1.807) is 27.7 Å². The number of carbonyl (C=O) groups excluding carboxylic acids is 1. The van der Waals surface area contributed by atoms with Gasteiger partial charge in [0.2, 0.25) is 0 Å². The van der Waals surface area contributed by atoms with Crippen LogP contribution < -0.4 is 0 Å². The molecule has 1 aromatic carbocycles. The lowest BCUT2D eigenvalue weighted by atomic mass is 9.89. The van der Waals surface area contributed by atoms with Crippen LogP contribution in [0.4, 0.5) is 26.3 Å². The Bertz CT molecular complexity index is 767. The van der Waals surface area contributed by atoms with Gasteiger partial charge in [-0.3, -0.25) is 4.79 Å². The van der Waals surface area contributed by atoms with Crippen molar-refractivity contribution in [3.05, 3.63) is 41.7 Å². The van der Waals surface area contributed by atoms with E-state index in [2.05, 4.69) is 6.58 Å². The highest BCUT2D eigenvalue weighted by atomic mass is 32.2. The van der Waals surface area contributed by atoms with Crippen LogP contribution in [0.5, 0.6) is 0 Å². The number of esters is 1. The van der Waals surface area contributed by atoms with E-state index in [-0.39, 0.29) is 30.5 Å². The second kappa shape index (κ2) is 12.0. The molecule has 4 nitrogen and oxygen atoms in total. The molecule has 0 radical (unpaired) electrons. The maximum Gasteiger partial charge on any atom is 0.416 e. The van der Waals surface area contributed by atoms with Gasteiger partial charge in [-0.1, -0.05) is 20.4 Å².